The standard InChI is InChI=1S/C19H28N2O2S/c1-15-8-10-17(11-9-15)20-18(22)14-24-16(2)19(23)21-12-6-4-3-5-7-13-21/h8-11,16H,3-7,12-14H2,1-2H3,(H,20,22). The Kier molecular flexibility index (Phi) is 7.63. The van der Waals surface area contributed by atoms with Crippen molar-refractivity contribution in [3.63, 3.8) is 0 Å². The van der Waals surface area contributed by atoms with Crippen LogP contribution in [0, 0.1) is 6.92 Å². The molecule has 1 heterocycles. The number of rotatable bonds is 5. The van der Waals surface area contributed by atoms with Crippen molar-refractivity contribution in [2.45, 2.75) is 51.2 Å². The molecular weight excluding hydrogens is 320 g/mol. The molecule has 1 aromatic carbocycles. The third kappa shape index (κ3) is 6.19. The van der Waals surface area contributed by atoms with E-state index in [4.69, 9.17) is 0 Å². The van der Waals surface area contributed by atoms with Gasteiger partial charge in [-0.2, -0.15) is 0 Å². The summed E-state index contributed by atoms with van der Waals surface area (Å²) in [6, 6.07) is 7.73. The largest absolute Gasteiger partial charge is 0.342 e. The molecule has 1 saturated heterocycles. The highest BCUT2D eigenvalue weighted by atomic mass is 32.2. The molecule has 0 aromatic heterocycles. The van der Waals surface area contributed by atoms with E-state index in [0.29, 0.717) is 5.75 Å². The van der Waals surface area contributed by atoms with E-state index in [9.17, 15) is 9.59 Å². The van der Waals surface area contributed by atoms with Crippen molar-refractivity contribution < 1.29 is 9.59 Å². The molecule has 132 valence electrons. The number of carbonyl (C=O) groups excluding carboxylic acids is 2. The summed E-state index contributed by atoms with van der Waals surface area (Å²) in [6.45, 7) is 5.64. The Hall–Kier alpha value is -1.49. The fourth-order valence-electron chi connectivity index (χ4n) is 2.83. The Bertz CT molecular complexity index is 537. The maximum Gasteiger partial charge on any atom is 0.235 e. The monoisotopic (exact) mass is 348 g/mol. The van der Waals surface area contributed by atoms with E-state index in [1.807, 2.05) is 43.0 Å². The summed E-state index contributed by atoms with van der Waals surface area (Å²) in [6.07, 6.45) is 5.90. The quantitative estimate of drug-likeness (QED) is 0.879. The number of hydrogen-bond donors (Lipinski definition) is 1. The molecule has 0 saturated carbocycles. The van der Waals surface area contributed by atoms with Gasteiger partial charge in [-0.25, -0.2) is 0 Å². The Morgan fingerprint density at radius 2 is 1.67 bits per heavy atom. The van der Waals surface area contributed by atoms with E-state index in [1.165, 1.54) is 31.0 Å². The summed E-state index contributed by atoms with van der Waals surface area (Å²) in [7, 11) is 0. The zero-order valence-corrected chi connectivity index (χ0v) is 15.5. The number of hydrogen-bond acceptors (Lipinski definition) is 3. The zero-order chi connectivity index (χ0) is 17.4. The number of carbonyl (C=O) groups is 2. The van der Waals surface area contributed by atoms with Crippen molar-refractivity contribution in [2.24, 2.45) is 0 Å². The second kappa shape index (κ2) is 9.72. The molecule has 1 aliphatic heterocycles. The summed E-state index contributed by atoms with van der Waals surface area (Å²) in [4.78, 5) is 26.6. The van der Waals surface area contributed by atoms with E-state index in [0.717, 1.165) is 37.2 Å². The number of nitrogens with one attached hydrogen (secondary N) is 1. The first kappa shape index (κ1) is 18.8. The van der Waals surface area contributed by atoms with Crippen LogP contribution in [-0.2, 0) is 9.59 Å². The summed E-state index contributed by atoms with van der Waals surface area (Å²) < 4.78 is 0. The minimum Gasteiger partial charge on any atom is -0.342 e. The molecule has 2 rings (SSSR count). The van der Waals surface area contributed by atoms with Crippen LogP contribution in [0.25, 0.3) is 0 Å². The van der Waals surface area contributed by atoms with Crippen molar-refractivity contribution in [3.05, 3.63) is 29.8 Å². The molecule has 0 aliphatic carbocycles. The van der Waals surface area contributed by atoms with E-state index >= 15 is 0 Å². The smallest absolute Gasteiger partial charge is 0.235 e. The van der Waals surface area contributed by atoms with Gasteiger partial charge in [-0.15, -0.1) is 11.8 Å². The number of likely N-dealkylation sites (tertiary alicyclic amines) is 1. The molecule has 1 aromatic rings. The van der Waals surface area contributed by atoms with Gasteiger partial charge < -0.3 is 10.2 Å². The summed E-state index contributed by atoms with van der Waals surface area (Å²) >= 11 is 1.42. The lowest BCUT2D eigenvalue weighted by molar-refractivity contribution is -0.130. The number of amides is 2. The lowest BCUT2D eigenvalue weighted by Gasteiger charge is -2.27. The Balaban J connectivity index is 1.76. The highest BCUT2D eigenvalue weighted by molar-refractivity contribution is 8.01. The van der Waals surface area contributed by atoms with Crippen molar-refractivity contribution in [1.82, 2.24) is 4.90 Å². The maximum atomic E-state index is 12.5. The predicted molar refractivity (Wildman–Crippen MR) is 101 cm³/mol. The van der Waals surface area contributed by atoms with E-state index < -0.39 is 0 Å². The SMILES string of the molecule is Cc1ccc(NC(=O)CSC(C)C(=O)N2CCCCCCC2)cc1. The molecule has 5 heteroatoms. The summed E-state index contributed by atoms with van der Waals surface area (Å²) in [5.41, 5.74) is 1.96. The highest BCUT2D eigenvalue weighted by Gasteiger charge is 2.22. The topological polar surface area (TPSA) is 49.4 Å². The fourth-order valence-corrected chi connectivity index (χ4v) is 3.60. The fraction of sp³-hybridized carbons (Fsp3) is 0.579. The number of thioether (sulfide) groups is 1. The van der Waals surface area contributed by atoms with Gasteiger partial charge >= 0.3 is 0 Å². The molecule has 4 nitrogen and oxygen atoms in total. The molecule has 0 radical (unpaired) electrons. The molecule has 0 bridgehead atoms. The number of anilines is 1. The van der Waals surface area contributed by atoms with Gasteiger partial charge in [0.1, 0.15) is 0 Å². The van der Waals surface area contributed by atoms with Gasteiger partial charge in [0.2, 0.25) is 11.8 Å². The van der Waals surface area contributed by atoms with Gasteiger partial charge in [0.25, 0.3) is 0 Å². The molecule has 1 N–H and O–H groups in total. The second-order valence-electron chi connectivity index (χ2n) is 6.46. The van der Waals surface area contributed by atoms with Crippen molar-refractivity contribution in [2.75, 3.05) is 24.2 Å². The summed E-state index contributed by atoms with van der Waals surface area (Å²) in [5, 5.41) is 2.70. The number of benzene rings is 1. The van der Waals surface area contributed by atoms with Gasteiger partial charge in [0.15, 0.2) is 0 Å². The Morgan fingerprint density at radius 1 is 1.08 bits per heavy atom. The first-order chi connectivity index (χ1) is 11.6. The van der Waals surface area contributed by atoms with Crippen LogP contribution in [0.4, 0.5) is 5.69 Å². The second-order valence-corrected chi connectivity index (χ2v) is 7.79. The highest BCUT2D eigenvalue weighted by Crippen LogP contribution is 2.18. The average Bonchev–Trinajstić information content (AvgIpc) is 2.54. The minimum absolute atomic E-state index is 0.0591. The van der Waals surface area contributed by atoms with Crippen molar-refractivity contribution in [3.8, 4) is 0 Å². The first-order valence-corrected chi connectivity index (χ1v) is 9.88. The molecule has 24 heavy (non-hydrogen) atoms. The zero-order valence-electron chi connectivity index (χ0n) is 14.7. The molecule has 1 atom stereocenters. The van der Waals surface area contributed by atoms with Crippen molar-refractivity contribution >= 4 is 29.3 Å². The van der Waals surface area contributed by atoms with Crippen LogP contribution in [0.15, 0.2) is 24.3 Å². The molecule has 1 aliphatic rings. The van der Waals surface area contributed by atoms with Crippen LogP contribution in [0.5, 0.6) is 0 Å². The molecule has 1 unspecified atom stereocenters. The number of aryl methyl sites for hydroxylation is 1. The molecular formula is C19H28N2O2S. The molecule has 0 spiro atoms. The van der Waals surface area contributed by atoms with Gasteiger partial charge in [0.05, 0.1) is 11.0 Å². The van der Waals surface area contributed by atoms with Crippen LogP contribution in [-0.4, -0.2) is 40.8 Å². The molecule has 2 amide bonds. The maximum absolute atomic E-state index is 12.5. The van der Waals surface area contributed by atoms with Gasteiger partial charge in [-0.1, -0.05) is 37.0 Å². The van der Waals surface area contributed by atoms with Gasteiger partial charge in [-0.3, -0.25) is 9.59 Å². The van der Waals surface area contributed by atoms with Crippen molar-refractivity contribution in [1.29, 1.82) is 0 Å². The van der Waals surface area contributed by atoms with E-state index in [1.54, 1.807) is 0 Å². The van der Waals surface area contributed by atoms with Crippen LogP contribution >= 0.6 is 11.8 Å². The van der Waals surface area contributed by atoms with Crippen LogP contribution in [0.3, 0.4) is 0 Å². The minimum atomic E-state index is -0.173. The number of nitrogens with zero attached hydrogens (tertiary/aromatic N) is 1. The lowest BCUT2D eigenvalue weighted by Crippen LogP contribution is -2.39. The normalized spacial score (nSPS) is 16.8. The van der Waals surface area contributed by atoms with Gasteiger partial charge in [0, 0.05) is 18.8 Å². The Morgan fingerprint density at radius 3 is 2.29 bits per heavy atom. The lowest BCUT2D eigenvalue weighted by atomic mass is 10.1. The van der Waals surface area contributed by atoms with Crippen LogP contribution in [0.1, 0.15) is 44.6 Å². The van der Waals surface area contributed by atoms with Crippen LogP contribution < -0.4 is 5.32 Å². The first-order valence-electron chi connectivity index (χ1n) is 8.83. The third-order valence-electron chi connectivity index (χ3n) is 4.32. The molecule has 1 fully saturated rings. The van der Waals surface area contributed by atoms with E-state index in [2.05, 4.69) is 5.32 Å². The predicted octanol–water partition coefficient (Wildman–Crippen LogP) is 3.85. The third-order valence-corrected chi connectivity index (χ3v) is 5.45. The summed E-state index contributed by atoms with van der Waals surface area (Å²) in [5.74, 6) is 0.412. The van der Waals surface area contributed by atoms with Gasteiger partial charge in [-0.05, 0) is 38.8 Å². The Labute approximate surface area is 149 Å². The average molecular weight is 349 g/mol. The van der Waals surface area contributed by atoms with Crippen LogP contribution in [0.2, 0.25) is 0 Å². The van der Waals surface area contributed by atoms with E-state index in [-0.39, 0.29) is 17.1 Å².